The Hall–Kier alpha value is -3.32. The summed E-state index contributed by atoms with van der Waals surface area (Å²) in [5, 5.41) is 9.27. The Morgan fingerprint density at radius 2 is 1.85 bits per heavy atom. The van der Waals surface area contributed by atoms with Crippen molar-refractivity contribution < 1.29 is 9.18 Å². The number of benzene rings is 2. The van der Waals surface area contributed by atoms with E-state index < -0.39 is 0 Å². The summed E-state index contributed by atoms with van der Waals surface area (Å²) in [6, 6.07) is 15.6. The molecule has 0 fully saturated rings. The fourth-order valence-electron chi connectivity index (χ4n) is 2.42. The van der Waals surface area contributed by atoms with Gasteiger partial charge in [-0.3, -0.25) is 10.1 Å². The number of hydrogen-bond donors (Lipinski definition) is 1. The van der Waals surface area contributed by atoms with Crippen LogP contribution in [0.3, 0.4) is 0 Å². The van der Waals surface area contributed by atoms with Crippen LogP contribution in [0.15, 0.2) is 72.4 Å². The molecule has 0 radical (unpaired) electrons. The molecule has 0 saturated carbocycles. The molecule has 2 heterocycles. The van der Waals surface area contributed by atoms with Crippen molar-refractivity contribution in [2.75, 3.05) is 5.32 Å². The van der Waals surface area contributed by atoms with Gasteiger partial charge in [0.25, 0.3) is 5.91 Å². The molecule has 0 bridgehead atoms. The minimum absolute atomic E-state index is 0.285. The molecule has 0 aliphatic heterocycles. The Labute approximate surface area is 152 Å². The monoisotopic (exact) mass is 364 g/mol. The maximum atomic E-state index is 13.0. The number of aromatic nitrogens is 3. The lowest BCUT2D eigenvalue weighted by molar-refractivity contribution is 0.102. The first-order valence-corrected chi connectivity index (χ1v) is 8.70. The van der Waals surface area contributed by atoms with Crippen LogP contribution in [0.2, 0.25) is 0 Å². The Kier molecular flexibility index (Phi) is 4.28. The minimum atomic E-state index is -0.298. The number of anilines is 1. The molecule has 1 N–H and O–H groups in total. The fourth-order valence-corrected chi connectivity index (χ4v) is 3.13. The van der Waals surface area contributed by atoms with Gasteiger partial charge in [0, 0.05) is 17.1 Å². The molecule has 4 aromatic rings. The average molecular weight is 364 g/mol. The number of thiazole rings is 1. The quantitative estimate of drug-likeness (QED) is 0.584. The molecule has 0 aliphatic rings. The van der Waals surface area contributed by atoms with Gasteiger partial charge in [0.15, 0.2) is 5.13 Å². The van der Waals surface area contributed by atoms with Gasteiger partial charge in [-0.1, -0.05) is 18.2 Å². The molecule has 2 aromatic carbocycles. The summed E-state index contributed by atoms with van der Waals surface area (Å²) in [5.41, 5.74) is 2.79. The van der Waals surface area contributed by atoms with Crippen LogP contribution in [0.4, 0.5) is 9.52 Å². The lowest BCUT2D eigenvalue weighted by Crippen LogP contribution is -2.10. The van der Waals surface area contributed by atoms with E-state index in [0.717, 1.165) is 11.3 Å². The van der Waals surface area contributed by atoms with Crippen molar-refractivity contribution in [2.24, 2.45) is 0 Å². The van der Waals surface area contributed by atoms with E-state index >= 15 is 0 Å². The number of amides is 1. The molecule has 0 spiro atoms. The van der Waals surface area contributed by atoms with Crippen molar-refractivity contribution in [3.8, 4) is 16.9 Å². The Morgan fingerprint density at radius 3 is 2.62 bits per heavy atom. The van der Waals surface area contributed by atoms with E-state index in [4.69, 9.17) is 0 Å². The predicted octanol–water partition coefficient (Wildman–Crippen LogP) is 4.39. The van der Waals surface area contributed by atoms with Crippen LogP contribution in [0.25, 0.3) is 16.9 Å². The number of hydrogen-bond acceptors (Lipinski definition) is 4. The van der Waals surface area contributed by atoms with E-state index in [2.05, 4.69) is 15.4 Å². The van der Waals surface area contributed by atoms with Gasteiger partial charge in [-0.05, 0) is 36.4 Å². The molecule has 7 heteroatoms. The second-order valence-corrected chi connectivity index (χ2v) is 6.37. The molecule has 0 aliphatic carbocycles. The molecule has 1 amide bonds. The summed E-state index contributed by atoms with van der Waals surface area (Å²) in [4.78, 5) is 16.8. The van der Waals surface area contributed by atoms with Gasteiger partial charge in [0.2, 0.25) is 0 Å². The van der Waals surface area contributed by atoms with Crippen LogP contribution in [-0.2, 0) is 0 Å². The van der Waals surface area contributed by atoms with Crippen molar-refractivity contribution in [1.82, 2.24) is 14.8 Å². The standard InChI is InChI=1S/C19H13FN4OS/c20-15-8-6-13(7-9-15)17-12-26-19(22-17)23-18(25)14-10-21-24(11-14)16-4-2-1-3-5-16/h1-12H,(H,22,23,25). The third-order valence-electron chi connectivity index (χ3n) is 3.73. The number of carbonyl (C=O) groups is 1. The molecule has 128 valence electrons. The third kappa shape index (κ3) is 3.38. The summed E-state index contributed by atoms with van der Waals surface area (Å²) in [6.07, 6.45) is 3.18. The van der Waals surface area contributed by atoms with Gasteiger partial charge in [0.05, 0.1) is 23.1 Å². The summed E-state index contributed by atoms with van der Waals surface area (Å²) in [5.74, 6) is -0.583. The van der Waals surface area contributed by atoms with Crippen LogP contribution in [0.1, 0.15) is 10.4 Å². The Balaban J connectivity index is 1.49. The van der Waals surface area contributed by atoms with E-state index in [1.165, 1.54) is 29.7 Å². The van der Waals surface area contributed by atoms with Gasteiger partial charge in [-0.2, -0.15) is 5.10 Å². The van der Waals surface area contributed by atoms with Crippen LogP contribution in [-0.4, -0.2) is 20.7 Å². The van der Waals surface area contributed by atoms with Crippen LogP contribution in [0.5, 0.6) is 0 Å². The van der Waals surface area contributed by atoms with Crippen molar-refractivity contribution in [3.05, 3.63) is 83.8 Å². The normalized spacial score (nSPS) is 10.7. The van der Waals surface area contributed by atoms with Crippen molar-refractivity contribution in [3.63, 3.8) is 0 Å². The number of nitrogens with zero attached hydrogens (tertiary/aromatic N) is 3. The smallest absolute Gasteiger partial charge is 0.260 e. The maximum Gasteiger partial charge on any atom is 0.260 e. The summed E-state index contributed by atoms with van der Waals surface area (Å²) < 4.78 is 14.6. The minimum Gasteiger partial charge on any atom is -0.298 e. The van der Waals surface area contributed by atoms with Gasteiger partial charge < -0.3 is 0 Å². The zero-order valence-electron chi connectivity index (χ0n) is 13.5. The van der Waals surface area contributed by atoms with Crippen LogP contribution >= 0.6 is 11.3 Å². The van der Waals surface area contributed by atoms with Gasteiger partial charge in [-0.15, -0.1) is 11.3 Å². The largest absolute Gasteiger partial charge is 0.298 e. The second kappa shape index (κ2) is 6.89. The molecule has 0 saturated heterocycles. The third-order valence-corrected chi connectivity index (χ3v) is 4.49. The van der Waals surface area contributed by atoms with Crippen LogP contribution in [0, 0.1) is 5.82 Å². The molecule has 2 aromatic heterocycles. The highest BCUT2D eigenvalue weighted by atomic mass is 32.1. The van der Waals surface area contributed by atoms with Gasteiger partial charge >= 0.3 is 0 Å². The SMILES string of the molecule is O=C(Nc1nc(-c2ccc(F)cc2)cs1)c1cnn(-c2ccccc2)c1. The number of rotatable bonds is 4. The van der Waals surface area contributed by atoms with Crippen molar-refractivity contribution >= 4 is 22.4 Å². The molecule has 4 rings (SSSR count). The summed E-state index contributed by atoms with van der Waals surface area (Å²) in [7, 11) is 0. The topological polar surface area (TPSA) is 59.8 Å². The van der Waals surface area contributed by atoms with E-state index in [1.54, 1.807) is 23.0 Å². The van der Waals surface area contributed by atoms with Crippen LogP contribution < -0.4 is 5.32 Å². The van der Waals surface area contributed by atoms with E-state index in [1.807, 2.05) is 35.7 Å². The predicted molar refractivity (Wildman–Crippen MR) is 99.0 cm³/mol. The zero-order valence-corrected chi connectivity index (χ0v) is 14.3. The Bertz CT molecular complexity index is 1040. The number of para-hydroxylation sites is 1. The highest BCUT2D eigenvalue weighted by molar-refractivity contribution is 7.14. The molecule has 5 nitrogen and oxygen atoms in total. The van der Waals surface area contributed by atoms with E-state index in [-0.39, 0.29) is 11.7 Å². The van der Waals surface area contributed by atoms with Crippen molar-refractivity contribution in [2.45, 2.75) is 0 Å². The van der Waals surface area contributed by atoms with E-state index in [0.29, 0.717) is 16.4 Å². The van der Waals surface area contributed by atoms with Gasteiger partial charge in [-0.25, -0.2) is 14.1 Å². The molecular formula is C19H13FN4OS. The molecule has 0 atom stereocenters. The fraction of sp³-hybridized carbons (Fsp3) is 0. The molecule has 26 heavy (non-hydrogen) atoms. The number of carbonyl (C=O) groups excluding carboxylic acids is 1. The zero-order chi connectivity index (χ0) is 17.9. The number of nitrogens with one attached hydrogen (secondary N) is 1. The highest BCUT2D eigenvalue weighted by Crippen LogP contribution is 2.25. The van der Waals surface area contributed by atoms with Gasteiger partial charge in [0.1, 0.15) is 5.82 Å². The first-order valence-electron chi connectivity index (χ1n) is 7.82. The second-order valence-electron chi connectivity index (χ2n) is 5.51. The summed E-state index contributed by atoms with van der Waals surface area (Å²) in [6.45, 7) is 0. The van der Waals surface area contributed by atoms with Crippen molar-refractivity contribution in [1.29, 1.82) is 0 Å². The molecule has 0 unspecified atom stereocenters. The lowest BCUT2D eigenvalue weighted by Gasteiger charge is -2.00. The highest BCUT2D eigenvalue weighted by Gasteiger charge is 2.12. The summed E-state index contributed by atoms with van der Waals surface area (Å²) >= 11 is 1.31. The average Bonchev–Trinajstić information content (AvgIpc) is 3.33. The number of halogens is 1. The lowest BCUT2D eigenvalue weighted by atomic mass is 10.2. The van der Waals surface area contributed by atoms with E-state index in [9.17, 15) is 9.18 Å². The first-order chi connectivity index (χ1) is 12.7. The molecular weight excluding hydrogens is 351 g/mol. The first kappa shape index (κ1) is 16.2. The maximum absolute atomic E-state index is 13.0. The Morgan fingerprint density at radius 1 is 1.08 bits per heavy atom.